The molecule has 0 amide bonds. The molecule has 0 unspecified atom stereocenters. The third-order valence-corrected chi connectivity index (χ3v) is 4.31. The van der Waals surface area contributed by atoms with Crippen LogP contribution in [0.25, 0.3) is 0 Å². The fraction of sp³-hybridized carbons (Fsp3) is 1.00. The van der Waals surface area contributed by atoms with E-state index in [9.17, 15) is 0 Å². The summed E-state index contributed by atoms with van der Waals surface area (Å²) in [5.74, 6) is 0. The van der Waals surface area contributed by atoms with Crippen LogP contribution in [0.3, 0.4) is 0 Å². The van der Waals surface area contributed by atoms with Gasteiger partial charge in [0.25, 0.3) is 13.8 Å². The van der Waals surface area contributed by atoms with E-state index in [4.69, 9.17) is 9.31 Å². The highest BCUT2D eigenvalue weighted by Crippen LogP contribution is 2.13. The van der Waals surface area contributed by atoms with E-state index in [1.54, 1.807) is 0 Å². The zero-order chi connectivity index (χ0) is 16.5. The van der Waals surface area contributed by atoms with E-state index in [0.29, 0.717) is 13.8 Å². The maximum atomic E-state index is 6.08. The summed E-state index contributed by atoms with van der Waals surface area (Å²) in [4.78, 5) is 0. The molecule has 0 atom stereocenters. The lowest BCUT2D eigenvalue weighted by Gasteiger charge is -2.17. The molecule has 0 heterocycles. The van der Waals surface area contributed by atoms with Crippen LogP contribution in [0.2, 0.25) is 25.3 Å². The van der Waals surface area contributed by atoms with Crippen molar-refractivity contribution in [3.63, 3.8) is 0 Å². The van der Waals surface area contributed by atoms with E-state index < -0.39 is 0 Å². The molecule has 0 spiro atoms. The molecule has 2 nitrogen and oxygen atoms in total. The zero-order valence-electron chi connectivity index (χ0n) is 15.9. The minimum absolute atomic E-state index is 0.452. The summed E-state index contributed by atoms with van der Waals surface area (Å²) in [6.45, 7) is 11.5. The van der Waals surface area contributed by atoms with Gasteiger partial charge in [0.15, 0.2) is 0 Å². The quantitative estimate of drug-likeness (QED) is 0.235. The van der Waals surface area contributed by atoms with Gasteiger partial charge in [-0.3, -0.25) is 0 Å². The van der Waals surface area contributed by atoms with Crippen LogP contribution in [-0.2, 0) is 9.31 Å². The molecule has 0 aromatic carbocycles. The molecule has 0 bridgehead atoms. The molecule has 0 fully saturated rings. The summed E-state index contributed by atoms with van der Waals surface area (Å²) in [5, 5.41) is 0. The first kappa shape index (κ1) is 22.0. The Bertz CT molecular complexity index is 177. The van der Waals surface area contributed by atoms with Gasteiger partial charge in [0.1, 0.15) is 0 Å². The monoisotopic (exact) mass is 310 g/mol. The van der Waals surface area contributed by atoms with E-state index in [-0.39, 0.29) is 0 Å². The average Bonchev–Trinajstić information content (AvgIpc) is 2.54. The van der Waals surface area contributed by atoms with Crippen molar-refractivity contribution in [3.8, 4) is 0 Å². The number of rotatable bonds is 17. The van der Waals surface area contributed by atoms with E-state index in [1.165, 1.54) is 76.6 Å². The molecule has 0 saturated carbocycles. The molecule has 0 aliphatic carbocycles. The molecular weight excluding hydrogens is 270 g/mol. The Morgan fingerprint density at radius 3 is 1.00 bits per heavy atom. The standard InChI is InChI=1S/C18H40B2O2/c1-5-9-13-19(14-10-6-2)21-17-18-22-20(15-11-7-3)16-12-8-4/h5-18H2,1-4H3. The molecule has 4 heteroatoms. The molecule has 0 aliphatic rings. The Morgan fingerprint density at radius 2 is 0.773 bits per heavy atom. The maximum absolute atomic E-state index is 6.08. The van der Waals surface area contributed by atoms with E-state index in [0.717, 1.165) is 13.2 Å². The van der Waals surface area contributed by atoms with Gasteiger partial charge in [-0.2, -0.15) is 0 Å². The number of hydrogen-bond donors (Lipinski definition) is 0. The molecule has 0 saturated heterocycles. The van der Waals surface area contributed by atoms with Gasteiger partial charge in [0.2, 0.25) is 0 Å². The van der Waals surface area contributed by atoms with Crippen LogP contribution in [0.5, 0.6) is 0 Å². The second-order valence-corrected chi connectivity index (χ2v) is 6.55. The zero-order valence-corrected chi connectivity index (χ0v) is 15.9. The van der Waals surface area contributed by atoms with Crippen molar-refractivity contribution >= 4 is 13.8 Å². The van der Waals surface area contributed by atoms with Crippen LogP contribution >= 0.6 is 0 Å². The second-order valence-electron chi connectivity index (χ2n) is 6.55. The van der Waals surface area contributed by atoms with Crippen molar-refractivity contribution in [3.05, 3.63) is 0 Å². The lowest BCUT2D eigenvalue weighted by Crippen LogP contribution is -2.24. The van der Waals surface area contributed by atoms with Gasteiger partial charge in [-0.15, -0.1) is 0 Å². The predicted octanol–water partition coefficient (Wildman–Crippen LogP) is 6.20. The molecule has 0 N–H and O–H groups in total. The van der Waals surface area contributed by atoms with Gasteiger partial charge in [-0.05, 0) is 25.3 Å². The van der Waals surface area contributed by atoms with Gasteiger partial charge >= 0.3 is 0 Å². The first-order valence-electron chi connectivity index (χ1n) is 10.0. The Morgan fingerprint density at radius 1 is 0.500 bits per heavy atom. The van der Waals surface area contributed by atoms with Gasteiger partial charge in [0, 0.05) is 0 Å². The molecule has 22 heavy (non-hydrogen) atoms. The summed E-state index contributed by atoms with van der Waals surface area (Å²) >= 11 is 0. The molecule has 0 aromatic rings. The van der Waals surface area contributed by atoms with E-state index >= 15 is 0 Å². The third-order valence-electron chi connectivity index (χ3n) is 4.31. The van der Waals surface area contributed by atoms with Crippen molar-refractivity contribution in [2.45, 2.75) is 104 Å². The third kappa shape index (κ3) is 13.7. The van der Waals surface area contributed by atoms with Crippen molar-refractivity contribution in [2.24, 2.45) is 0 Å². The van der Waals surface area contributed by atoms with Crippen LogP contribution in [0, 0.1) is 0 Å². The molecule has 130 valence electrons. The lowest BCUT2D eigenvalue weighted by molar-refractivity contribution is 0.214. The first-order chi connectivity index (χ1) is 10.8. The summed E-state index contributed by atoms with van der Waals surface area (Å²) in [6.07, 6.45) is 15.0. The van der Waals surface area contributed by atoms with Crippen LogP contribution in [0.1, 0.15) is 79.1 Å². The highest BCUT2D eigenvalue weighted by Gasteiger charge is 2.16. The normalized spacial score (nSPS) is 10.9. The fourth-order valence-electron chi connectivity index (χ4n) is 2.78. The van der Waals surface area contributed by atoms with Crippen molar-refractivity contribution in [1.82, 2.24) is 0 Å². The Labute approximate surface area is 141 Å². The average molecular weight is 310 g/mol. The highest BCUT2D eigenvalue weighted by atomic mass is 16.5. The first-order valence-corrected chi connectivity index (χ1v) is 10.0. The number of hydrogen-bond acceptors (Lipinski definition) is 2. The Balaban J connectivity index is 3.88. The number of unbranched alkanes of at least 4 members (excludes halogenated alkanes) is 4. The molecule has 0 radical (unpaired) electrons. The SMILES string of the molecule is CCCCB(CCCC)OCCOB(CCCC)CCCC. The summed E-state index contributed by atoms with van der Waals surface area (Å²) in [6, 6.07) is 0. The molecular formula is C18H40B2O2. The van der Waals surface area contributed by atoms with Crippen LogP contribution in [0.4, 0.5) is 0 Å². The van der Waals surface area contributed by atoms with Gasteiger partial charge in [-0.25, -0.2) is 0 Å². The largest absolute Gasteiger partial charge is 0.434 e. The van der Waals surface area contributed by atoms with E-state index in [1.807, 2.05) is 0 Å². The topological polar surface area (TPSA) is 18.5 Å². The van der Waals surface area contributed by atoms with Crippen LogP contribution < -0.4 is 0 Å². The minimum atomic E-state index is 0.452. The van der Waals surface area contributed by atoms with E-state index in [2.05, 4.69) is 27.7 Å². The molecule has 0 rings (SSSR count). The van der Waals surface area contributed by atoms with Gasteiger partial charge < -0.3 is 9.31 Å². The van der Waals surface area contributed by atoms with Crippen LogP contribution in [0.15, 0.2) is 0 Å². The van der Waals surface area contributed by atoms with Crippen LogP contribution in [-0.4, -0.2) is 27.0 Å². The maximum Gasteiger partial charge on any atom is 0.293 e. The van der Waals surface area contributed by atoms with Crippen molar-refractivity contribution in [2.75, 3.05) is 13.2 Å². The van der Waals surface area contributed by atoms with Crippen molar-refractivity contribution < 1.29 is 9.31 Å². The fourth-order valence-corrected chi connectivity index (χ4v) is 2.78. The second kappa shape index (κ2) is 17.4. The van der Waals surface area contributed by atoms with Crippen molar-refractivity contribution in [1.29, 1.82) is 0 Å². The smallest absolute Gasteiger partial charge is 0.293 e. The minimum Gasteiger partial charge on any atom is -0.434 e. The lowest BCUT2D eigenvalue weighted by atomic mass is 9.59. The Kier molecular flexibility index (Phi) is 17.4. The summed E-state index contributed by atoms with van der Waals surface area (Å²) in [7, 11) is 0. The summed E-state index contributed by atoms with van der Waals surface area (Å²) in [5.41, 5.74) is 0. The summed E-state index contributed by atoms with van der Waals surface area (Å²) < 4.78 is 12.2. The Hall–Kier alpha value is 0.0499. The van der Waals surface area contributed by atoms with Gasteiger partial charge in [0.05, 0.1) is 13.2 Å². The highest BCUT2D eigenvalue weighted by molar-refractivity contribution is 6.52. The molecule has 0 aromatic heterocycles. The molecule has 0 aliphatic heterocycles. The van der Waals surface area contributed by atoms with Gasteiger partial charge in [-0.1, -0.05) is 79.1 Å². The predicted molar refractivity (Wildman–Crippen MR) is 102 cm³/mol.